The fourth-order valence-electron chi connectivity index (χ4n) is 3.09. The van der Waals surface area contributed by atoms with Gasteiger partial charge in [0.05, 0.1) is 6.07 Å². The van der Waals surface area contributed by atoms with Gasteiger partial charge in [-0.1, -0.05) is 0 Å². The summed E-state index contributed by atoms with van der Waals surface area (Å²) in [7, 11) is 0. The Hall–Kier alpha value is -1.12. The van der Waals surface area contributed by atoms with E-state index in [0.29, 0.717) is 39.0 Å². The van der Waals surface area contributed by atoms with Crippen molar-refractivity contribution in [2.45, 2.75) is 44.6 Å². The fourth-order valence-corrected chi connectivity index (χ4v) is 3.09. The first kappa shape index (κ1) is 14.3. The highest BCUT2D eigenvalue weighted by Crippen LogP contribution is 2.34. The van der Waals surface area contributed by atoms with E-state index in [-0.39, 0.29) is 18.6 Å². The normalized spacial score (nSPS) is 26.7. The summed E-state index contributed by atoms with van der Waals surface area (Å²) < 4.78 is 5.28. The molecule has 0 aromatic carbocycles. The second kappa shape index (κ2) is 6.36. The van der Waals surface area contributed by atoms with Crippen molar-refractivity contribution in [2.24, 2.45) is 5.41 Å². The first-order valence-electron chi connectivity index (χ1n) is 7.14. The summed E-state index contributed by atoms with van der Waals surface area (Å²) in [6.45, 7) is 1.78. The third kappa shape index (κ3) is 2.90. The van der Waals surface area contributed by atoms with Gasteiger partial charge in [0.2, 0.25) is 5.91 Å². The average Bonchev–Trinajstić information content (AvgIpc) is 2.48. The van der Waals surface area contributed by atoms with Crippen molar-refractivity contribution < 1.29 is 14.6 Å². The Bertz CT molecular complexity index is 356. The Labute approximate surface area is 114 Å². The number of ether oxygens (including phenoxy) is 1. The van der Waals surface area contributed by atoms with Gasteiger partial charge in [0.25, 0.3) is 0 Å². The molecule has 0 aromatic rings. The number of rotatable bonds is 3. The van der Waals surface area contributed by atoms with E-state index >= 15 is 0 Å². The van der Waals surface area contributed by atoms with Gasteiger partial charge in [-0.2, -0.15) is 5.26 Å². The van der Waals surface area contributed by atoms with Crippen LogP contribution in [0.1, 0.15) is 38.5 Å². The molecule has 106 valence electrons. The molecule has 2 heterocycles. The molecule has 0 radical (unpaired) electrons. The Morgan fingerprint density at radius 2 is 2.16 bits per heavy atom. The van der Waals surface area contributed by atoms with Gasteiger partial charge in [-0.3, -0.25) is 4.79 Å². The van der Waals surface area contributed by atoms with E-state index in [4.69, 9.17) is 9.84 Å². The Morgan fingerprint density at radius 1 is 1.42 bits per heavy atom. The van der Waals surface area contributed by atoms with Crippen molar-refractivity contribution in [1.82, 2.24) is 4.90 Å². The lowest BCUT2D eigenvalue weighted by molar-refractivity contribution is -0.147. The minimum Gasteiger partial charge on any atom is -0.396 e. The van der Waals surface area contributed by atoms with Gasteiger partial charge in [-0.25, -0.2) is 0 Å². The number of aliphatic hydroxyl groups excluding tert-OH is 1. The molecule has 1 atom stereocenters. The molecule has 0 aliphatic carbocycles. The van der Waals surface area contributed by atoms with Crippen LogP contribution in [0.4, 0.5) is 0 Å². The van der Waals surface area contributed by atoms with Gasteiger partial charge in [0.1, 0.15) is 5.41 Å². The van der Waals surface area contributed by atoms with Gasteiger partial charge < -0.3 is 14.7 Å². The van der Waals surface area contributed by atoms with Crippen molar-refractivity contribution in [3.8, 4) is 6.07 Å². The molecular formula is C14H22N2O3. The SMILES string of the molecule is N#CC1(C(=O)N2CCCCC2CCO)CCOCC1. The minimum atomic E-state index is -0.900. The lowest BCUT2D eigenvalue weighted by atomic mass is 9.79. The monoisotopic (exact) mass is 266 g/mol. The van der Waals surface area contributed by atoms with Crippen LogP contribution in [0.3, 0.4) is 0 Å². The van der Waals surface area contributed by atoms with Crippen LogP contribution in [0.5, 0.6) is 0 Å². The standard InChI is InChI=1S/C14H22N2O3/c15-11-14(5-9-19-10-6-14)13(18)16-7-2-1-3-12(16)4-8-17/h12,17H,1-10H2. The van der Waals surface area contributed by atoms with Gasteiger partial charge in [0.15, 0.2) is 0 Å². The van der Waals surface area contributed by atoms with E-state index in [1.807, 2.05) is 4.90 Å². The molecule has 0 bridgehead atoms. The maximum absolute atomic E-state index is 12.8. The zero-order valence-electron chi connectivity index (χ0n) is 11.3. The number of hydrogen-bond donors (Lipinski definition) is 1. The first-order chi connectivity index (χ1) is 9.23. The molecule has 1 N–H and O–H groups in total. The lowest BCUT2D eigenvalue weighted by Crippen LogP contribution is -2.52. The number of piperidine rings is 1. The van der Waals surface area contributed by atoms with E-state index in [2.05, 4.69) is 6.07 Å². The Kier molecular flexibility index (Phi) is 4.78. The number of hydrogen-bond acceptors (Lipinski definition) is 4. The molecule has 5 nitrogen and oxygen atoms in total. The summed E-state index contributed by atoms with van der Waals surface area (Å²) in [4.78, 5) is 14.6. The van der Waals surface area contributed by atoms with E-state index in [1.54, 1.807) is 0 Å². The molecule has 0 saturated carbocycles. The number of likely N-dealkylation sites (tertiary alicyclic amines) is 1. The highest BCUT2D eigenvalue weighted by Gasteiger charge is 2.44. The molecule has 2 rings (SSSR count). The van der Waals surface area contributed by atoms with Gasteiger partial charge in [-0.15, -0.1) is 0 Å². The fraction of sp³-hybridized carbons (Fsp3) is 0.857. The largest absolute Gasteiger partial charge is 0.396 e. The third-order valence-electron chi connectivity index (χ3n) is 4.32. The molecule has 2 aliphatic heterocycles. The predicted molar refractivity (Wildman–Crippen MR) is 69.2 cm³/mol. The smallest absolute Gasteiger partial charge is 0.243 e. The van der Waals surface area contributed by atoms with E-state index in [0.717, 1.165) is 19.3 Å². The molecule has 2 fully saturated rings. The molecule has 0 spiro atoms. The number of carbonyl (C=O) groups excluding carboxylic acids is 1. The second-order valence-corrected chi connectivity index (χ2v) is 5.47. The van der Waals surface area contributed by atoms with Crippen molar-refractivity contribution in [2.75, 3.05) is 26.4 Å². The van der Waals surface area contributed by atoms with Crippen LogP contribution in [-0.4, -0.2) is 48.3 Å². The summed E-state index contributed by atoms with van der Waals surface area (Å²) >= 11 is 0. The summed E-state index contributed by atoms with van der Waals surface area (Å²) in [5.74, 6) is -0.0450. The zero-order valence-corrected chi connectivity index (χ0v) is 11.3. The number of amides is 1. The van der Waals surface area contributed by atoms with Crippen LogP contribution >= 0.6 is 0 Å². The summed E-state index contributed by atoms with van der Waals surface area (Å²) in [6, 6.07) is 2.34. The first-order valence-corrected chi connectivity index (χ1v) is 7.14. The highest BCUT2D eigenvalue weighted by atomic mass is 16.5. The molecule has 2 aliphatic rings. The van der Waals surface area contributed by atoms with Gasteiger partial charge in [0, 0.05) is 32.4 Å². The summed E-state index contributed by atoms with van der Waals surface area (Å²) in [5, 5.41) is 18.6. The van der Waals surface area contributed by atoms with Gasteiger partial charge >= 0.3 is 0 Å². The van der Waals surface area contributed by atoms with E-state index in [9.17, 15) is 10.1 Å². The van der Waals surface area contributed by atoms with E-state index < -0.39 is 5.41 Å². The third-order valence-corrected chi connectivity index (χ3v) is 4.32. The average molecular weight is 266 g/mol. The second-order valence-electron chi connectivity index (χ2n) is 5.47. The Morgan fingerprint density at radius 3 is 2.79 bits per heavy atom. The van der Waals surface area contributed by atoms with Crippen LogP contribution in [0.15, 0.2) is 0 Å². The molecule has 1 unspecified atom stereocenters. The quantitative estimate of drug-likeness (QED) is 0.829. The van der Waals surface area contributed by atoms with E-state index in [1.165, 1.54) is 0 Å². The summed E-state index contributed by atoms with van der Waals surface area (Å²) in [5.41, 5.74) is -0.900. The molecular weight excluding hydrogens is 244 g/mol. The lowest BCUT2D eigenvalue weighted by Gasteiger charge is -2.41. The molecule has 2 saturated heterocycles. The van der Waals surface area contributed by atoms with Crippen LogP contribution in [-0.2, 0) is 9.53 Å². The molecule has 5 heteroatoms. The summed E-state index contributed by atoms with van der Waals surface area (Å²) in [6.07, 6.45) is 4.62. The maximum atomic E-state index is 12.8. The van der Waals surface area contributed by atoms with Crippen LogP contribution in [0, 0.1) is 16.7 Å². The topological polar surface area (TPSA) is 73.6 Å². The van der Waals surface area contributed by atoms with Crippen molar-refractivity contribution >= 4 is 5.91 Å². The maximum Gasteiger partial charge on any atom is 0.243 e. The number of nitriles is 1. The molecule has 0 aromatic heterocycles. The number of carbonyl (C=O) groups is 1. The minimum absolute atomic E-state index is 0.0450. The molecule has 1 amide bonds. The van der Waals surface area contributed by atoms with Crippen molar-refractivity contribution in [1.29, 1.82) is 5.26 Å². The van der Waals surface area contributed by atoms with Crippen LogP contribution < -0.4 is 0 Å². The van der Waals surface area contributed by atoms with Gasteiger partial charge in [-0.05, 0) is 38.5 Å². The number of aliphatic hydroxyl groups is 1. The molecule has 19 heavy (non-hydrogen) atoms. The van der Waals surface area contributed by atoms with Crippen LogP contribution in [0.25, 0.3) is 0 Å². The van der Waals surface area contributed by atoms with Crippen molar-refractivity contribution in [3.63, 3.8) is 0 Å². The zero-order chi connectivity index (χ0) is 13.7. The number of nitrogens with zero attached hydrogens (tertiary/aromatic N) is 2. The highest BCUT2D eigenvalue weighted by molar-refractivity contribution is 5.86. The predicted octanol–water partition coefficient (Wildman–Crippen LogP) is 1.07. The van der Waals surface area contributed by atoms with Crippen LogP contribution in [0.2, 0.25) is 0 Å². The Balaban J connectivity index is 2.13. The van der Waals surface area contributed by atoms with Crippen molar-refractivity contribution in [3.05, 3.63) is 0 Å².